The number of amides is 3. The quantitative estimate of drug-likeness (QED) is 0.625. The van der Waals surface area contributed by atoms with Crippen LogP contribution in [-0.2, 0) is 4.79 Å². The van der Waals surface area contributed by atoms with Gasteiger partial charge in [-0.05, 0) is 49.9 Å². The van der Waals surface area contributed by atoms with Gasteiger partial charge in [0, 0.05) is 6.54 Å². The summed E-state index contributed by atoms with van der Waals surface area (Å²) in [6.07, 6.45) is 2.47. The summed E-state index contributed by atoms with van der Waals surface area (Å²) in [6.45, 7) is 4.63. The van der Waals surface area contributed by atoms with E-state index in [4.69, 9.17) is 5.73 Å². The third-order valence-corrected chi connectivity index (χ3v) is 4.26. The number of piperidine rings is 1. The Morgan fingerprint density at radius 2 is 2.12 bits per heavy atom. The first kappa shape index (κ1) is 20.3. The number of carbonyl (C=O) groups is 2. The van der Waals surface area contributed by atoms with E-state index in [0.717, 1.165) is 37.1 Å². The molecule has 1 heterocycles. The van der Waals surface area contributed by atoms with E-state index in [2.05, 4.69) is 16.0 Å². The van der Waals surface area contributed by atoms with Crippen molar-refractivity contribution in [2.75, 3.05) is 19.6 Å². The summed E-state index contributed by atoms with van der Waals surface area (Å²) >= 11 is 0. The third kappa shape index (κ3) is 6.37. The summed E-state index contributed by atoms with van der Waals surface area (Å²) in [7, 11) is 0. The minimum atomic E-state index is -0.623. The van der Waals surface area contributed by atoms with Gasteiger partial charge in [0.15, 0.2) is 0 Å². The van der Waals surface area contributed by atoms with Crippen molar-refractivity contribution in [2.24, 2.45) is 11.7 Å². The van der Waals surface area contributed by atoms with Gasteiger partial charge in [0.25, 0.3) is 0 Å². The average Bonchev–Trinajstić information content (AvgIpc) is 2.53. The largest absolute Gasteiger partial charge is 0.356 e. The smallest absolute Gasteiger partial charge is 0.312 e. The second-order valence-corrected chi connectivity index (χ2v) is 6.14. The van der Waals surface area contributed by atoms with Crippen LogP contribution in [-0.4, -0.2) is 31.6 Å². The molecule has 0 radical (unpaired) electrons. The fourth-order valence-corrected chi connectivity index (χ4v) is 3.00. The maximum atomic E-state index is 12.2. The molecule has 0 spiro atoms. The van der Waals surface area contributed by atoms with Gasteiger partial charge in [0.05, 0.1) is 12.5 Å². The molecule has 1 aromatic rings. The van der Waals surface area contributed by atoms with Gasteiger partial charge in [-0.1, -0.05) is 24.3 Å². The Morgan fingerprint density at radius 3 is 2.75 bits per heavy atom. The minimum absolute atomic E-state index is 0. The molecule has 24 heavy (non-hydrogen) atoms. The van der Waals surface area contributed by atoms with Crippen LogP contribution in [0.15, 0.2) is 24.3 Å². The molecule has 2 rings (SSSR count). The van der Waals surface area contributed by atoms with E-state index in [1.165, 1.54) is 0 Å². The predicted octanol–water partition coefficient (Wildman–Crippen LogP) is 1.63. The Kier molecular flexibility index (Phi) is 8.57. The number of rotatable bonds is 6. The topological polar surface area (TPSA) is 96.2 Å². The van der Waals surface area contributed by atoms with Crippen LogP contribution in [0.1, 0.15) is 36.4 Å². The van der Waals surface area contributed by atoms with Crippen LogP contribution in [0, 0.1) is 12.8 Å². The molecule has 0 aromatic heterocycles. The number of aryl methyl sites for hydroxylation is 1. The molecule has 0 aliphatic carbocycles. The van der Waals surface area contributed by atoms with Crippen molar-refractivity contribution in [1.29, 1.82) is 0 Å². The Balaban J connectivity index is 0.00000288. The molecule has 1 aromatic carbocycles. The minimum Gasteiger partial charge on any atom is -0.356 e. The van der Waals surface area contributed by atoms with E-state index in [1.807, 2.05) is 31.2 Å². The van der Waals surface area contributed by atoms with E-state index >= 15 is 0 Å². The fourth-order valence-electron chi connectivity index (χ4n) is 3.00. The molecule has 3 amide bonds. The molecule has 6 nitrogen and oxygen atoms in total. The number of carbonyl (C=O) groups excluding carboxylic acids is 2. The first-order valence-corrected chi connectivity index (χ1v) is 8.15. The van der Waals surface area contributed by atoms with Gasteiger partial charge in [-0.3, -0.25) is 4.79 Å². The van der Waals surface area contributed by atoms with E-state index in [1.54, 1.807) is 0 Å². The Labute approximate surface area is 149 Å². The maximum absolute atomic E-state index is 12.2. The molecule has 2 atom stereocenters. The summed E-state index contributed by atoms with van der Waals surface area (Å²) in [6, 6.07) is 6.66. The molecular formula is C17H27ClN4O2. The Hall–Kier alpha value is -1.79. The second kappa shape index (κ2) is 10.2. The molecule has 1 aliphatic heterocycles. The highest BCUT2D eigenvalue weighted by Crippen LogP contribution is 2.20. The Morgan fingerprint density at radius 1 is 1.38 bits per heavy atom. The lowest BCUT2D eigenvalue weighted by Gasteiger charge is -2.24. The molecule has 134 valence electrons. The lowest BCUT2D eigenvalue weighted by atomic mass is 9.97. The van der Waals surface area contributed by atoms with Gasteiger partial charge in [-0.25, -0.2) is 4.79 Å². The van der Waals surface area contributed by atoms with E-state index < -0.39 is 12.1 Å². The lowest BCUT2D eigenvalue weighted by Crippen LogP contribution is -2.40. The van der Waals surface area contributed by atoms with Crippen molar-refractivity contribution in [3.63, 3.8) is 0 Å². The maximum Gasteiger partial charge on any atom is 0.312 e. The molecule has 7 heteroatoms. The van der Waals surface area contributed by atoms with Crippen molar-refractivity contribution in [3.05, 3.63) is 35.4 Å². The van der Waals surface area contributed by atoms with E-state index in [0.29, 0.717) is 12.5 Å². The van der Waals surface area contributed by atoms with Crippen LogP contribution in [0.4, 0.5) is 4.79 Å². The zero-order valence-electron chi connectivity index (χ0n) is 14.0. The molecular weight excluding hydrogens is 328 g/mol. The monoisotopic (exact) mass is 354 g/mol. The SMILES string of the molecule is Cc1ccccc1C(CC(=O)NCC1CCCNC1)NC(N)=O.Cl. The number of hydrogen-bond acceptors (Lipinski definition) is 3. The van der Waals surface area contributed by atoms with Gasteiger partial charge >= 0.3 is 6.03 Å². The van der Waals surface area contributed by atoms with E-state index in [-0.39, 0.29) is 24.7 Å². The first-order valence-electron chi connectivity index (χ1n) is 8.15. The summed E-state index contributed by atoms with van der Waals surface area (Å²) in [5, 5.41) is 8.98. The number of halogens is 1. The zero-order chi connectivity index (χ0) is 16.7. The molecule has 1 saturated heterocycles. The second-order valence-electron chi connectivity index (χ2n) is 6.14. The van der Waals surface area contributed by atoms with E-state index in [9.17, 15) is 9.59 Å². The normalized spacial score (nSPS) is 18.1. The number of hydrogen-bond donors (Lipinski definition) is 4. The summed E-state index contributed by atoms with van der Waals surface area (Å²) in [4.78, 5) is 23.5. The Bertz CT molecular complexity index is 547. The summed E-state index contributed by atoms with van der Waals surface area (Å²) in [5.41, 5.74) is 7.20. The lowest BCUT2D eigenvalue weighted by molar-refractivity contribution is -0.121. The van der Waals surface area contributed by atoms with Crippen molar-refractivity contribution in [2.45, 2.75) is 32.2 Å². The van der Waals surface area contributed by atoms with Gasteiger partial charge in [0.1, 0.15) is 0 Å². The molecule has 0 saturated carbocycles. The van der Waals surface area contributed by atoms with Gasteiger partial charge < -0.3 is 21.7 Å². The number of urea groups is 1. The van der Waals surface area contributed by atoms with Crippen LogP contribution in [0.25, 0.3) is 0 Å². The fraction of sp³-hybridized carbons (Fsp3) is 0.529. The van der Waals surface area contributed by atoms with Gasteiger partial charge in [-0.15, -0.1) is 12.4 Å². The van der Waals surface area contributed by atoms with Crippen LogP contribution < -0.4 is 21.7 Å². The van der Waals surface area contributed by atoms with Crippen LogP contribution in [0.5, 0.6) is 0 Å². The van der Waals surface area contributed by atoms with Crippen molar-refractivity contribution < 1.29 is 9.59 Å². The van der Waals surface area contributed by atoms with Crippen molar-refractivity contribution >= 4 is 24.3 Å². The van der Waals surface area contributed by atoms with Gasteiger partial charge in [0.2, 0.25) is 5.91 Å². The molecule has 1 fully saturated rings. The predicted molar refractivity (Wildman–Crippen MR) is 97.1 cm³/mol. The van der Waals surface area contributed by atoms with Crippen molar-refractivity contribution in [1.82, 2.24) is 16.0 Å². The number of benzene rings is 1. The van der Waals surface area contributed by atoms with Crippen LogP contribution >= 0.6 is 12.4 Å². The summed E-state index contributed by atoms with van der Waals surface area (Å²) < 4.78 is 0. The highest BCUT2D eigenvalue weighted by molar-refractivity contribution is 5.85. The van der Waals surface area contributed by atoms with Crippen LogP contribution in [0.2, 0.25) is 0 Å². The molecule has 1 aliphatic rings. The van der Waals surface area contributed by atoms with Gasteiger partial charge in [-0.2, -0.15) is 0 Å². The summed E-state index contributed by atoms with van der Waals surface area (Å²) in [5.74, 6) is 0.409. The highest BCUT2D eigenvalue weighted by Gasteiger charge is 2.20. The molecule has 5 N–H and O–H groups in total. The average molecular weight is 355 g/mol. The van der Waals surface area contributed by atoms with Crippen LogP contribution in [0.3, 0.4) is 0 Å². The molecule has 2 unspecified atom stereocenters. The molecule has 0 bridgehead atoms. The first-order chi connectivity index (χ1) is 11.1. The van der Waals surface area contributed by atoms with Crippen molar-refractivity contribution in [3.8, 4) is 0 Å². The number of nitrogens with two attached hydrogens (primary N) is 1. The zero-order valence-corrected chi connectivity index (χ0v) is 14.8. The third-order valence-electron chi connectivity index (χ3n) is 4.26. The number of primary amides is 1. The standard InChI is InChI=1S/C17H26N4O2.ClH/c1-12-5-2-3-7-14(12)15(21-17(18)23)9-16(22)20-11-13-6-4-8-19-10-13;/h2-3,5,7,13,15,19H,4,6,8-11H2,1H3,(H,20,22)(H3,18,21,23);1H. The highest BCUT2D eigenvalue weighted by atomic mass is 35.5. The number of nitrogens with one attached hydrogen (secondary N) is 3.